The molecule has 1 aromatic heterocycles. The Balaban J connectivity index is 1.54. The molecule has 0 radical (unpaired) electrons. The van der Waals surface area contributed by atoms with E-state index in [1.807, 2.05) is 0 Å². The summed E-state index contributed by atoms with van der Waals surface area (Å²) in [6, 6.07) is 12.8. The zero-order valence-electron chi connectivity index (χ0n) is 15.1. The van der Waals surface area contributed by atoms with Crippen molar-refractivity contribution < 1.29 is 17.9 Å². The van der Waals surface area contributed by atoms with Gasteiger partial charge >= 0.3 is 0 Å². The number of hydrogen-bond acceptors (Lipinski definition) is 6. The number of amides is 1. The van der Waals surface area contributed by atoms with Gasteiger partial charge in [-0.25, -0.2) is 17.8 Å². The molecule has 2 aromatic carbocycles. The van der Waals surface area contributed by atoms with Crippen molar-refractivity contribution in [2.75, 3.05) is 13.2 Å². The molecule has 0 saturated carbocycles. The molecule has 0 aliphatic carbocycles. The number of carbonyl (C=O) groups is 1. The van der Waals surface area contributed by atoms with Gasteiger partial charge in [0.05, 0.1) is 10.4 Å². The summed E-state index contributed by atoms with van der Waals surface area (Å²) in [5.41, 5.74) is 1.51. The number of nitrogens with zero attached hydrogens (tertiary/aromatic N) is 3. The Morgan fingerprint density at radius 1 is 1.14 bits per heavy atom. The maximum Gasteiger partial charge on any atom is 0.264 e. The van der Waals surface area contributed by atoms with Crippen molar-refractivity contribution >= 4 is 27.0 Å². The van der Waals surface area contributed by atoms with E-state index in [1.165, 1.54) is 12.1 Å². The van der Waals surface area contributed by atoms with Crippen molar-refractivity contribution in [1.29, 1.82) is 0 Å². The Morgan fingerprint density at radius 2 is 1.89 bits per heavy atom. The highest BCUT2D eigenvalue weighted by Crippen LogP contribution is 2.21. The molecule has 8 nitrogen and oxygen atoms in total. The second-order valence-electron chi connectivity index (χ2n) is 6.78. The van der Waals surface area contributed by atoms with Gasteiger partial charge in [0.25, 0.3) is 15.9 Å². The van der Waals surface area contributed by atoms with E-state index in [9.17, 15) is 13.2 Å². The van der Waals surface area contributed by atoms with E-state index < -0.39 is 15.9 Å². The first-order valence-corrected chi connectivity index (χ1v) is 10.5. The second-order valence-corrected chi connectivity index (χ2v) is 8.46. The third-order valence-corrected chi connectivity index (χ3v) is 6.16. The molecule has 1 N–H and O–H groups in total. The minimum atomic E-state index is -4.01. The highest BCUT2D eigenvalue weighted by Gasteiger charge is 2.21. The van der Waals surface area contributed by atoms with Gasteiger partial charge in [0, 0.05) is 25.3 Å². The molecule has 0 atom stereocenters. The quantitative estimate of drug-likeness (QED) is 0.702. The summed E-state index contributed by atoms with van der Waals surface area (Å²) in [5.74, 6) is -0.212. The SMILES string of the molecule is O=C(NS(=O)(=O)c1ccc2c(c1)nnn2CC1CCOCC1)c1ccccc1. The van der Waals surface area contributed by atoms with Crippen LogP contribution < -0.4 is 4.72 Å². The van der Waals surface area contributed by atoms with Crippen LogP contribution in [0, 0.1) is 5.92 Å². The first kappa shape index (κ1) is 18.6. The molecule has 1 fully saturated rings. The standard InChI is InChI=1S/C19H20N4O4S/c24-19(15-4-2-1-3-5-15)21-28(25,26)16-6-7-18-17(12-16)20-22-23(18)13-14-8-10-27-11-9-14/h1-7,12,14H,8-11,13H2,(H,21,24). The van der Waals surface area contributed by atoms with E-state index in [4.69, 9.17) is 4.74 Å². The number of hydrogen-bond donors (Lipinski definition) is 1. The van der Waals surface area contributed by atoms with Crippen LogP contribution in [0.1, 0.15) is 23.2 Å². The average Bonchev–Trinajstić information content (AvgIpc) is 3.11. The minimum Gasteiger partial charge on any atom is -0.381 e. The van der Waals surface area contributed by atoms with E-state index >= 15 is 0 Å². The number of fused-ring (bicyclic) bond motifs is 1. The molecule has 0 spiro atoms. The zero-order chi connectivity index (χ0) is 19.6. The van der Waals surface area contributed by atoms with Crippen molar-refractivity contribution in [2.24, 2.45) is 5.92 Å². The monoisotopic (exact) mass is 400 g/mol. The van der Waals surface area contributed by atoms with E-state index in [2.05, 4.69) is 15.0 Å². The molecule has 1 aliphatic heterocycles. The Bertz CT molecular complexity index is 1090. The van der Waals surface area contributed by atoms with Gasteiger partial charge < -0.3 is 4.74 Å². The third-order valence-electron chi connectivity index (χ3n) is 4.83. The number of benzene rings is 2. The summed E-state index contributed by atoms with van der Waals surface area (Å²) in [6.45, 7) is 2.22. The predicted molar refractivity (Wildman–Crippen MR) is 102 cm³/mol. The number of sulfonamides is 1. The van der Waals surface area contributed by atoms with Crippen LogP contribution in [0.4, 0.5) is 0 Å². The minimum absolute atomic E-state index is 0.0256. The van der Waals surface area contributed by atoms with Crippen molar-refractivity contribution in [3.63, 3.8) is 0 Å². The highest BCUT2D eigenvalue weighted by atomic mass is 32.2. The highest BCUT2D eigenvalue weighted by molar-refractivity contribution is 7.90. The third kappa shape index (κ3) is 3.90. The molecule has 1 saturated heterocycles. The Kier molecular flexibility index (Phi) is 5.10. The van der Waals surface area contributed by atoms with Crippen LogP contribution in [-0.2, 0) is 21.3 Å². The summed E-state index contributed by atoms with van der Waals surface area (Å²) in [6.07, 6.45) is 1.94. The molecule has 2 heterocycles. The predicted octanol–water partition coefficient (Wildman–Crippen LogP) is 1.98. The lowest BCUT2D eigenvalue weighted by Gasteiger charge is -2.21. The summed E-state index contributed by atoms with van der Waals surface area (Å²) in [7, 11) is -4.01. The Morgan fingerprint density at radius 3 is 2.64 bits per heavy atom. The van der Waals surface area contributed by atoms with E-state index in [0.717, 1.165) is 38.1 Å². The number of aromatic nitrogens is 3. The van der Waals surface area contributed by atoms with Gasteiger partial charge in [0.2, 0.25) is 0 Å². The van der Waals surface area contributed by atoms with Crippen molar-refractivity contribution in [3.8, 4) is 0 Å². The summed E-state index contributed by atoms with van der Waals surface area (Å²) in [5, 5.41) is 8.26. The molecule has 146 valence electrons. The molecule has 1 amide bonds. The Hall–Kier alpha value is -2.78. The van der Waals surface area contributed by atoms with Crippen LogP contribution in [0.2, 0.25) is 0 Å². The van der Waals surface area contributed by atoms with Crippen LogP contribution in [0.25, 0.3) is 11.0 Å². The van der Waals surface area contributed by atoms with Crippen molar-refractivity contribution in [2.45, 2.75) is 24.3 Å². The fraction of sp³-hybridized carbons (Fsp3) is 0.316. The van der Waals surface area contributed by atoms with Gasteiger partial charge in [0.1, 0.15) is 5.52 Å². The number of nitrogens with one attached hydrogen (secondary N) is 1. The first-order chi connectivity index (χ1) is 13.5. The zero-order valence-corrected chi connectivity index (χ0v) is 15.9. The van der Waals surface area contributed by atoms with Gasteiger partial charge in [-0.2, -0.15) is 0 Å². The van der Waals surface area contributed by atoms with Gasteiger partial charge in [-0.1, -0.05) is 23.4 Å². The maximum atomic E-state index is 12.6. The molecule has 28 heavy (non-hydrogen) atoms. The van der Waals surface area contributed by atoms with Crippen molar-refractivity contribution in [1.82, 2.24) is 19.7 Å². The molecular weight excluding hydrogens is 380 g/mol. The first-order valence-electron chi connectivity index (χ1n) is 9.06. The molecule has 1 aliphatic rings. The molecule has 9 heteroatoms. The van der Waals surface area contributed by atoms with Crippen LogP contribution in [0.15, 0.2) is 53.4 Å². The van der Waals surface area contributed by atoms with Crippen LogP contribution in [0.3, 0.4) is 0 Å². The van der Waals surface area contributed by atoms with Gasteiger partial charge in [-0.3, -0.25) is 4.79 Å². The topological polar surface area (TPSA) is 103 Å². The van der Waals surface area contributed by atoms with Crippen LogP contribution in [-0.4, -0.2) is 42.5 Å². The fourth-order valence-electron chi connectivity index (χ4n) is 3.26. The average molecular weight is 400 g/mol. The second kappa shape index (κ2) is 7.69. The number of carbonyl (C=O) groups excluding carboxylic acids is 1. The van der Waals surface area contributed by atoms with Crippen LogP contribution >= 0.6 is 0 Å². The van der Waals surface area contributed by atoms with Gasteiger partial charge in [-0.15, -0.1) is 5.10 Å². The van der Waals surface area contributed by atoms with Crippen LogP contribution in [0.5, 0.6) is 0 Å². The van der Waals surface area contributed by atoms with Crippen molar-refractivity contribution in [3.05, 3.63) is 54.1 Å². The smallest absolute Gasteiger partial charge is 0.264 e. The number of ether oxygens (including phenoxy) is 1. The summed E-state index contributed by atoms with van der Waals surface area (Å²) < 4.78 is 34.4. The normalized spacial score (nSPS) is 15.6. The molecule has 0 unspecified atom stereocenters. The summed E-state index contributed by atoms with van der Waals surface area (Å²) in [4.78, 5) is 12.2. The molecule has 3 aromatic rings. The van der Waals surface area contributed by atoms with E-state index in [-0.39, 0.29) is 10.5 Å². The lowest BCUT2D eigenvalue weighted by molar-refractivity contribution is 0.0604. The lowest BCUT2D eigenvalue weighted by Crippen LogP contribution is -2.30. The lowest BCUT2D eigenvalue weighted by atomic mass is 10.0. The summed E-state index contributed by atoms with van der Waals surface area (Å²) >= 11 is 0. The maximum absolute atomic E-state index is 12.6. The molecular formula is C19H20N4O4S. The molecule has 4 rings (SSSR count). The molecule has 0 bridgehead atoms. The van der Waals surface area contributed by atoms with E-state index in [1.54, 1.807) is 41.1 Å². The fourth-order valence-corrected chi connectivity index (χ4v) is 4.25. The van der Waals surface area contributed by atoms with Gasteiger partial charge in [-0.05, 0) is 49.1 Å². The van der Waals surface area contributed by atoms with Gasteiger partial charge in [0.15, 0.2) is 0 Å². The Labute approximate surface area is 162 Å². The largest absolute Gasteiger partial charge is 0.381 e. The van der Waals surface area contributed by atoms with E-state index in [0.29, 0.717) is 11.4 Å². The number of rotatable bonds is 5.